The average molecular weight is 547 g/mol. The van der Waals surface area contributed by atoms with E-state index in [4.69, 9.17) is 35.9 Å². The molecule has 0 bridgehead atoms. The van der Waals surface area contributed by atoms with Crippen LogP contribution >= 0.6 is 19.3 Å². The maximum absolute atomic E-state index is 13.6. The molecule has 5 N–H and O–H groups in total. The highest BCUT2D eigenvalue weighted by molar-refractivity contribution is 7.52. The quantitative estimate of drug-likeness (QED) is 0.247. The molecule has 1 saturated heterocycles. The van der Waals surface area contributed by atoms with Crippen molar-refractivity contribution in [3.8, 4) is 5.75 Å². The maximum atomic E-state index is 13.6. The lowest BCUT2D eigenvalue weighted by atomic mass is 9.96. The van der Waals surface area contributed by atoms with Gasteiger partial charge in [-0.2, -0.15) is 10.1 Å². The van der Waals surface area contributed by atoms with E-state index in [1.165, 1.54) is 50.4 Å². The summed E-state index contributed by atoms with van der Waals surface area (Å²) < 4.78 is 36.2. The zero-order chi connectivity index (χ0) is 26.7. The Bertz CT molecular complexity index is 1180. The Morgan fingerprint density at radius 1 is 1.39 bits per heavy atom. The lowest BCUT2D eigenvalue weighted by Gasteiger charge is -2.27. The molecular formula is C21H28ClN4O9P. The summed E-state index contributed by atoms with van der Waals surface area (Å²) in [6.07, 6.45) is -2.92. The molecule has 15 heteroatoms. The third kappa shape index (κ3) is 6.43. The number of carbonyl (C=O) groups excluding carboxylic acids is 1. The standard InChI is InChI=1S/C21H28ClN4O9P/c1-4-32-18(28)12(2)25-36(31,35-14-7-5-13(22)6-8-14)33-11-15-17(27)21(3,30)19(34-15)26-10-9-16(23)24-20(26)29/h5-10,12,15,17,19,27,30H,4,11H2,1-3H3,(H,25,31)(H2,23,24,29)/t12-,15+,17+,19+,21+,36+/m0/s1. The van der Waals surface area contributed by atoms with Crippen molar-refractivity contribution >= 4 is 31.1 Å². The highest BCUT2D eigenvalue weighted by Gasteiger charge is 2.54. The molecule has 2 heterocycles. The van der Waals surface area contributed by atoms with Crippen LogP contribution in [0.4, 0.5) is 5.82 Å². The van der Waals surface area contributed by atoms with Crippen molar-refractivity contribution in [2.24, 2.45) is 0 Å². The molecule has 1 aromatic heterocycles. The van der Waals surface area contributed by atoms with Crippen LogP contribution in [0.2, 0.25) is 5.02 Å². The van der Waals surface area contributed by atoms with Gasteiger partial charge in [0.05, 0.1) is 13.2 Å². The second-order valence-corrected chi connectivity index (χ2v) is 10.3. The average Bonchev–Trinajstić information content (AvgIpc) is 3.03. The Hall–Kier alpha value is -2.51. The number of aromatic nitrogens is 2. The van der Waals surface area contributed by atoms with E-state index in [0.717, 1.165) is 4.57 Å². The van der Waals surface area contributed by atoms with Crippen LogP contribution in [0.5, 0.6) is 5.75 Å². The number of ether oxygens (including phenoxy) is 2. The van der Waals surface area contributed by atoms with Crippen LogP contribution in [-0.4, -0.2) is 62.8 Å². The van der Waals surface area contributed by atoms with Gasteiger partial charge in [0.1, 0.15) is 35.4 Å². The number of nitrogens with two attached hydrogens (primary N) is 1. The monoisotopic (exact) mass is 546 g/mol. The molecule has 1 aliphatic rings. The zero-order valence-electron chi connectivity index (χ0n) is 19.7. The molecular weight excluding hydrogens is 519 g/mol. The first-order chi connectivity index (χ1) is 16.9. The molecule has 36 heavy (non-hydrogen) atoms. The number of nitrogens with zero attached hydrogens (tertiary/aromatic N) is 2. The largest absolute Gasteiger partial charge is 0.465 e. The summed E-state index contributed by atoms with van der Waals surface area (Å²) in [5, 5.41) is 24.5. The number of halogens is 1. The van der Waals surface area contributed by atoms with Gasteiger partial charge in [-0.15, -0.1) is 0 Å². The van der Waals surface area contributed by atoms with Gasteiger partial charge >= 0.3 is 19.4 Å². The van der Waals surface area contributed by atoms with Gasteiger partial charge in [-0.05, 0) is 51.1 Å². The van der Waals surface area contributed by atoms with Crippen LogP contribution in [-0.2, 0) is 23.4 Å². The second kappa shape index (κ2) is 11.3. The van der Waals surface area contributed by atoms with Crippen LogP contribution < -0.4 is 21.0 Å². The predicted molar refractivity (Wildman–Crippen MR) is 128 cm³/mol. The molecule has 6 atom stereocenters. The van der Waals surface area contributed by atoms with E-state index in [1.54, 1.807) is 6.92 Å². The lowest BCUT2D eigenvalue weighted by molar-refractivity contribution is -0.144. The number of anilines is 1. The van der Waals surface area contributed by atoms with Crippen LogP contribution in [0.1, 0.15) is 27.0 Å². The van der Waals surface area contributed by atoms with Crippen molar-refractivity contribution in [3.63, 3.8) is 0 Å². The first-order valence-electron chi connectivity index (χ1n) is 10.9. The van der Waals surface area contributed by atoms with Crippen LogP contribution in [0.25, 0.3) is 0 Å². The Labute approximate surface area is 211 Å². The van der Waals surface area contributed by atoms with Gasteiger partial charge in [0.2, 0.25) is 0 Å². The van der Waals surface area contributed by atoms with Gasteiger partial charge < -0.3 is 29.9 Å². The van der Waals surface area contributed by atoms with Crippen molar-refractivity contribution in [3.05, 3.63) is 52.0 Å². The Kier molecular flexibility index (Phi) is 8.78. The van der Waals surface area contributed by atoms with E-state index >= 15 is 0 Å². The number of hydrogen-bond donors (Lipinski definition) is 4. The summed E-state index contributed by atoms with van der Waals surface area (Å²) in [6.45, 7) is 3.83. The minimum absolute atomic E-state index is 0.0311. The van der Waals surface area contributed by atoms with Crippen molar-refractivity contribution in [1.29, 1.82) is 0 Å². The molecule has 0 aliphatic carbocycles. The SMILES string of the molecule is CCOC(=O)[C@H](C)N[P@@](=O)(OC[C@H]1O[C@@H](n2ccc(N)nc2=O)[C@](C)(O)[C@@H]1O)Oc1ccc(Cl)cc1. The van der Waals surface area contributed by atoms with Crippen LogP contribution in [0.15, 0.2) is 41.3 Å². The number of nitrogen functional groups attached to an aromatic ring is 1. The van der Waals surface area contributed by atoms with E-state index in [0.29, 0.717) is 5.02 Å². The summed E-state index contributed by atoms with van der Waals surface area (Å²) >= 11 is 5.88. The lowest BCUT2D eigenvalue weighted by Crippen LogP contribution is -2.46. The maximum Gasteiger partial charge on any atom is 0.459 e. The second-order valence-electron chi connectivity index (χ2n) is 8.18. The Balaban J connectivity index is 1.80. The van der Waals surface area contributed by atoms with Crippen molar-refractivity contribution in [2.75, 3.05) is 18.9 Å². The fourth-order valence-electron chi connectivity index (χ4n) is 3.44. The molecule has 13 nitrogen and oxygen atoms in total. The molecule has 0 amide bonds. The van der Waals surface area contributed by atoms with Crippen molar-refractivity contribution < 1.29 is 38.1 Å². The molecule has 1 aliphatic heterocycles. The first kappa shape index (κ1) is 28.1. The van der Waals surface area contributed by atoms with Gasteiger partial charge in [-0.3, -0.25) is 13.9 Å². The van der Waals surface area contributed by atoms with Gasteiger partial charge in [-0.1, -0.05) is 11.6 Å². The number of aliphatic hydroxyl groups excluding tert-OH is 1. The van der Waals surface area contributed by atoms with E-state index in [1.807, 2.05) is 0 Å². The molecule has 198 valence electrons. The molecule has 0 spiro atoms. The number of benzene rings is 1. The fraction of sp³-hybridized carbons (Fsp3) is 0.476. The van der Waals surface area contributed by atoms with Gasteiger partial charge in [0, 0.05) is 11.2 Å². The van der Waals surface area contributed by atoms with E-state index in [2.05, 4.69) is 10.1 Å². The number of esters is 1. The third-order valence-corrected chi connectivity index (χ3v) is 7.19. The molecule has 2 aromatic rings. The number of nitrogens with one attached hydrogen (secondary N) is 1. The smallest absolute Gasteiger partial charge is 0.459 e. The topological polar surface area (TPSA) is 184 Å². The summed E-state index contributed by atoms with van der Waals surface area (Å²) in [5.41, 5.74) is 2.74. The zero-order valence-corrected chi connectivity index (χ0v) is 21.4. The van der Waals surface area contributed by atoms with Gasteiger partial charge in [-0.25, -0.2) is 9.36 Å². The van der Waals surface area contributed by atoms with Crippen LogP contribution in [0.3, 0.4) is 0 Å². The molecule has 0 unspecified atom stereocenters. The number of aliphatic hydroxyl groups is 2. The summed E-state index contributed by atoms with van der Waals surface area (Å²) in [5.74, 6) is -0.614. The number of rotatable bonds is 10. The van der Waals surface area contributed by atoms with Gasteiger partial charge in [0.15, 0.2) is 6.23 Å². The van der Waals surface area contributed by atoms with Gasteiger partial charge in [0.25, 0.3) is 0 Å². The van der Waals surface area contributed by atoms with E-state index in [-0.39, 0.29) is 18.2 Å². The van der Waals surface area contributed by atoms with Crippen molar-refractivity contribution in [2.45, 2.75) is 50.8 Å². The van der Waals surface area contributed by atoms with Crippen molar-refractivity contribution in [1.82, 2.24) is 14.6 Å². The summed E-state index contributed by atoms with van der Waals surface area (Å²) in [4.78, 5) is 27.9. The predicted octanol–water partition coefficient (Wildman–Crippen LogP) is 1.23. The van der Waals surface area contributed by atoms with E-state index < -0.39 is 56.1 Å². The molecule has 3 rings (SSSR count). The number of hydrogen-bond acceptors (Lipinski definition) is 11. The Morgan fingerprint density at radius 2 is 2.06 bits per heavy atom. The fourth-order valence-corrected chi connectivity index (χ4v) is 5.06. The molecule has 0 radical (unpaired) electrons. The highest BCUT2D eigenvalue weighted by atomic mass is 35.5. The first-order valence-corrected chi connectivity index (χ1v) is 12.8. The normalized spacial score (nSPS) is 26.2. The minimum atomic E-state index is -4.28. The summed E-state index contributed by atoms with van der Waals surface area (Å²) in [7, 11) is -4.28. The molecule has 1 aromatic carbocycles. The van der Waals surface area contributed by atoms with Crippen LogP contribution in [0, 0.1) is 0 Å². The number of carbonyl (C=O) groups is 1. The molecule has 1 fully saturated rings. The summed E-state index contributed by atoms with van der Waals surface area (Å²) in [6, 6.07) is 6.12. The Morgan fingerprint density at radius 3 is 2.67 bits per heavy atom. The third-order valence-electron chi connectivity index (χ3n) is 5.30. The minimum Gasteiger partial charge on any atom is -0.465 e. The molecule has 0 saturated carbocycles. The van der Waals surface area contributed by atoms with E-state index in [9.17, 15) is 24.4 Å². The highest BCUT2D eigenvalue weighted by Crippen LogP contribution is 2.47.